The van der Waals surface area contributed by atoms with Gasteiger partial charge in [0.1, 0.15) is 0 Å². The lowest BCUT2D eigenvalue weighted by Gasteiger charge is -2.10. The molecule has 124 valence electrons. The van der Waals surface area contributed by atoms with Gasteiger partial charge in [0, 0.05) is 16.6 Å². The minimum Gasteiger partial charge on any atom is -0.327 e. The third kappa shape index (κ3) is 3.21. The number of benzene rings is 2. The minimum atomic E-state index is -0.177. The van der Waals surface area contributed by atoms with Crippen LogP contribution in [0.1, 0.15) is 0 Å². The number of aromatic amines is 1. The zero-order valence-electron chi connectivity index (χ0n) is 12.9. The summed E-state index contributed by atoms with van der Waals surface area (Å²) in [4.78, 5) is 15.3. The maximum absolute atomic E-state index is 12.2. The van der Waals surface area contributed by atoms with E-state index in [1.165, 1.54) is 18.1 Å². The highest BCUT2D eigenvalue weighted by atomic mass is 35.5. The van der Waals surface area contributed by atoms with E-state index >= 15 is 0 Å². The summed E-state index contributed by atoms with van der Waals surface area (Å²) < 4.78 is 2.03. The third-order valence-electron chi connectivity index (χ3n) is 3.81. The molecule has 2 heterocycles. The molecule has 2 aromatic heterocycles. The first kappa shape index (κ1) is 16.3. The molecule has 0 aliphatic heterocycles. The average Bonchev–Trinajstić information content (AvgIpc) is 2.96. The lowest BCUT2D eigenvalue weighted by atomic mass is 10.1. The fraction of sp³-hybridized carbons (Fsp3) is 0. The molecule has 4 aromatic rings. The van der Waals surface area contributed by atoms with Crippen molar-refractivity contribution in [2.24, 2.45) is 0 Å². The molecule has 0 aliphatic carbocycles. The van der Waals surface area contributed by atoms with Gasteiger partial charge in [-0.05, 0) is 47.8 Å². The summed E-state index contributed by atoms with van der Waals surface area (Å²) in [5, 5.41) is 2.18. The Bertz CT molecular complexity index is 1120. The Morgan fingerprint density at radius 2 is 1.72 bits per heavy atom. The fourth-order valence-corrected chi connectivity index (χ4v) is 4.12. The number of rotatable bonds is 3. The smallest absolute Gasteiger partial charge is 0.263 e. The summed E-state index contributed by atoms with van der Waals surface area (Å²) in [6.45, 7) is 0. The van der Waals surface area contributed by atoms with Crippen molar-refractivity contribution in [1.82, 2.24) is 8.96 Å². The molecule has 0 aliphatic rings. The number of hydrogen-bond donors (Lipinski definition) is 1. The van der Waals surface area contributed by atoms with Gasteiger partial charge in [-0.15, -0.1) is 0 Å². The number of nitrogens with zero attached hydrogens (tertiary/aromatic N) is 1. The first-order valence-electron chi connectivity index (χ1n) is 7.55. The number of pyridine rings is 1. The first-order chi connectivity index (χ1) is 12.1. The van der Waals surface area contributed by atoms with Crippen molar-refractivity contribution in [1.29, 1.82) is 0 Å². The Labute approximate surface area is 158 Å². The lowest BCUT2D eigenvalue weighted by Crippen LogP contribution is -2.08. The van der Waals surface area contributed by atoms with Crippen LogP contribution in [0.4, 0.5) is 0 Å². The first-order valence-corrected chi connectivity index (χ1v) is 9.08. The number of hydrogen-bond acceptors (Lipinski definition) is 2. The van der Waals surface area contributed by atoms with Gasteiger partial charge in [-0.1, -0.05) is 53.5 Å². The highest BCUT2D eigenvalue weighted by Crippen LogP contribution is 2.35. The van der Waals surface area contributed by atoms with Crippen LogP contribution in [0.15, 0.2) is 76.6 Å². The van der Waals surface area contributed by atoms with Crippen molar-refractivity contribution < 1.29 is 0 Å². The Morgan fingerprint density at radius 3 is 2.52 bits per heavy atom. The van der Waals surface area contributed by atoms with Crippen molar-refractivity contribution in [3.05, 3.63) is 87.3 Å². The Morgan fingerprint density at radius 1 is 0.920 bits per heavy atom. The molecule has 6 heteroatoms. The van der Waals surface area contributed by atoms with Gasteiger partial charge >= 0.3 is 0 Å². The monoisotopic (exact) mass is 386 g/mol. The van der Waals surface area contributed by atoms with Gasteiger partial charge in [0.05, 0.1) is 21.1 Å². The van der Waals surface area contributed by atoms with Crippen molar-refractivity contribution in [3.8, 4) is 11.3 Å². The second kappa shape index (κ2) is 6.64. The van der Waals surface area contributed by atoms with Gasteiger partial charge in [0.25, 0.3) is 5.56 Å². The molecule has 0 saturated heterocycles. The number of halogens is 2. The predicted octanol–water partition coefficient (Wildman–Crippen LogP) is 5.86. The predicted molar refractivity (Wildman–Crippen MR) is 106 cm³/mol. The quantitative estimate of drug-likeness (QED) is 0.478. The standard InChI is InChI=1S/C19H12Cl2N2OS/c20-14-6-7-16-13(8-14)9-17(12-4-2-1-3-5-12)23(16)25-18-10-15(21)11-22-19(18)24/h1-11H,(H,22,24). The second-order valence-electron chi connectivity index (χ2n) is 5.50. The summed E-state index contributed by atoms with van der Waals surface area (Å²) in [6.07, 6.45) is 1.49. The molecule has 0 unspecified atom stereocenters. The normalized spacial score (nSPS) is 11.1. The second-order valence-corrected chi connectivity index (χ2v) is 7.36. The average molecular weight is 387 g/mol. The fourth-order valence-electron chi connectivity index (χ4n) is 2.67. The Hall–Kier alpha value is -2.14. The number of fused-ring (bicyclic) bond motifs is 1. The molecule has 4 rings (SSSR count). The molecule has 0 spiro atoms. The highest BCUT2D eigenvalue weighted by Gasteiger charge is 2.14. The SMILES string of the molecule is O=c1[nH]cc(Cl)cc1Sn1c(-c2ccccc2)cc2cc(Cl)ccc21. The molecule has 25 heavy (non-hydrogen) atoms. The minimum absolute atomic E-state index is 0.177. The summed E-state index contributed by atoms with van der Waals surface area (Å²) >= 11 is 13.5. The van der Waals surface area contributed by atoms with E-state index in [4.69, 9.17) is 23.2 Å². The van der Waals surface area contributed by atoms with Gasteiger partial charge in [-0.2, -0.15) is 0 Å². The molecule has 0 radical (unpaired) electrons. The third-order valence-corrected chi connectivity index (χ3v) is 5.34. The largest absolute Gasteiger partial charge is 0.327 e. The van der Waals surface area contributed by atoms with Crippen LogP contribution in [0.2, 0.25) is 10.0 Å². The number of aromatic nitrogens is 2. The van der Waals surface area contributed by atoms with E-state index in [0.717, 1.165) is 22.2 Å². The van der Waals surface area contributed by atoms with Gasteiger partial charge in [0.2, 0.25) is 0 Å². The van der Waals surface area contributed by atoms with Crippen LogP contribution >= 0.6 is 35.1 Å². The van der Waals surface area contributed by atoms with Crippen molar-refractivity contribution in [2.75, 3.05) is 0 Å². The van der Waals surface area contributed by atoms with E-state index in [-0.39, 0.29) is 5.56 Å². The van der Waals surface area contributed by atoms with Crippen LogP contribution in [0.5, 0.6) is 0 Å². The summed E-state index contributed by atoms with van der Waals surface area (Å²) in [5.41, 5.74) is 2.85. The van der Waals surface area contributed by atoms with Crippen LogP contribution in [-0.2, 0) is 0 Å². The van der Waals surface area contributed by atoms with Crippen molar-refractivity contribution in [3.63, 3.8) is 0 Å². The molecule has 2 aromatic carbocycles. The van der Waals surface area contributed by atoms with Gasteiger partial charge in [0.15, 0.2) is 0 Å². The maximum atomic E-state index is 12.2. The summed E-state index contributed by atoms with van der Waals surface area (Å²) in [5.74, 6) is 0. The van der Waals surface area contributed by atoms with E-state index in [1.54, 1.807) is 6.07 Å². The van der Waals surface area contributed by atoms with Crippen molar-refractivity contribution >= 4 is 46.1 Å². The molecule has 0 atom stereocenters. The van der Waals surface area contributed by atoms with Crippen LogP contribution < -0.4 is 5.56 Å². The van der Waals surface area contributed by atoms with Crippen LogP contribution in [0, 0.1) is 0 Å². The van der Waals surface area contributed by atoms with Gasteiger partial charge in [-0.3, -0.25) is 8.77 Å². The summed E-state index contributed by atoms with van der Waals surface area (Å²) in [7, 11) is 0. The highest BCUT2D eigenvalue weighted by molar-refractivity contribution is 7.98. The van der Waals surface area contributed by atoms with Crippen LogP contribution in [-0.4, -0.2) is 8.96 Å². The van der Waals surface area contributed by atoms with E-state index in [9.17, 15) is 4.79 Å². The van der Waals surface area contributed by atoms with E-state index in [2.05, 4.69) is 11.1 Å². The molecule has 0 bridgehead atoms. The molecule has 0 fully saturated rings. The van der Waals surface area contributed by atoms with Crippen LogP contribution in [0.25, 0.3) is 22.2 Å². The van der Waals surface area contributed by atoms with Crippen LogP contribution in [0.3, 0.4) is 0 Å². The van der Waals surface area contributed by atoms with Crippen molar-refractivity contribution in [2.45, 2.75) is 4.90 Å². The van der Waals surface area contributed by atoms with E-state index in [0.29, 0.717) is 14.9 Å². The maximum Gasteiger partial charge on any atom is 0.263 e. The molecule has 3 nitrogen and oxygen atoms in total. The lowest BCUT2D eigenvalue weighted by molar-refractivity contribution is 1.13. The zero-order valence-corrected chi connectivity index (χ0v) is 15.2. The Kier molecular flexibility index (Phi) is 4.34. The Balaban J connectivity index is 1.94. The molecule has 0 amide bonds. The molecular formula is C19H12Cl2N2OS. The number of H-pyrrole nitrogens is 1. The molecule has 1 N–H and O–H groups in total. The summed E-state index contributed by atoms with van der Waals surface area (Å²) in [6, 6.07) is 19.5. The van der Waals surface area contributed by atoms with E-state index < -0.39 is 0 Å². The number of nitrogens with one attached hydrogen (secondary N) is 1. The van der Waals surface area contributed by atoms with E-state index in [1.807, 2.05) is 52.5 Å². The molecule has 0 saturated carbocycles. The zero-order chi connectivity index (χ0) is 17.4. The van der Waals surface area contributed by atoms with Gasteiger partial charge in [-0.25, -0.2) is 0 Å². The topological polar surface area (TPSA) is 37.8 Å². The van der Waals surface area contributed by atoms with Gasteiger partial charge < -0.3 is 4.98 Å². The molecular weight excluding hydrogens is 375 g/mol.